The third-order valence-electron chi connectivity index (χ3n) is 2.59. The van der Waals surface area contributed by atoms with Crippen molar-refractivity contribution in [1.82, 2.24) is 0 Å². The number of rotatable bonds is 0. The molecule has 0 atom stereocenters. The Morgan fingerprint density at radius 2 is 1.60 bits per heavy atom. The van der Waals surface area contributed by atoms with E-state index < -0.39 is 0 Å². The predicted octanol–water partition coefficient (Wildman–Crippen LogP) is 2.75. The second kappa shape index (κ2) is 2.67. The van der Waals surface area contributed by atoms with Gasteiger partial charge in [-0.05, 0) is 18.2 Å². The summed E-state index contributed by atoms with van der Waals surface area (Å²) in [6, 6.07) is 11.3. The Bertz CT molecular complexity index is 655. The highest BCUT2D eigenvalue weighted by molar-refractivity contribution is 6.14. The van der Waals surface area contributed by atoms with Crippen LogP contribution in [0.25, 0.3) is 21.9 Å². The number of hydrogen-bond acceptors (Lipinski definition) is 3. The lowest BCUT2D eigenvalue weighted by Gasteiger charge is -1.97. The molecule has 15 heavy (non-hydrogen) atoms. The topological polar surface area (TPSA) is 65.2 Å². The van der Waals surface area contributed by atoms with E-state index in [1.807, 2.05) is 24.3 Å². The van der Waals surface area contributed by atoms with Crippen LogP contribution in [0.3, 0.4) is 0 Å². The largest absolute Gasteiger partial charge is 0.454 e. The normalized spacial score (nSPS) is 11.2. The molecule has 0 saturated heterocycles. The standard InChI is InChI=1S/C12H10N2O/c13-8-5-6-9(14)12-11(8)7-3-1-2-4-10(7)15-12/h1-6H,13-14H2. The van der Waals surface area contributed by atoms with Crippen molar-refractivity contribution in [1.29, 1.82) is 0 Å². The van der Waals surface area contributed by atoms with Crippen molar-refractivity contribution in [2.24, 2.45) is 0 Å². The number of nitrogen functional groups attached to an aromatic ring is 2. The predicted molar refractivity (Wildman–Crippen MR) is 62.5 cm³/mol. The molecule has 3 rings (SSSR count). The highest BCUT2D eigenvalue weighted by Gasteiger charge is 2.10. The second-order valence-corrected chi connectivity index (χ2v) is 3.55. The highest BCUT2D eigenvalue weighted by atomic mass is 16.3. The summed E-state index contributed by atoms with van der Waals surface area (Å²) in [6.45, 7) is 0. The highest BCUT2D eigenvalue weighted by Crippen LogP contribution is 2.35. The Labute approximate surface area is 86.3 Å². The lowest BCUT2D eigenvalue weighted by atomic mass is 10.1. The monoisotopic (exact) mass is 198 g/mol. The summed E-state index contributed by atoms with van der Waals surface area (Å²) >= 11 is 0. The van der Waals surface area contributed by atoms with E-state index in [-0.39, 0.29) is 0 Å². The van der Waals surface area contributed by atoms with Crippen LogP contribution in [0, 0.1) is 0 Å². The summed E-state index contributed by atoms with van der Waals surface area (Å²) in [7, 11) is 0. The maximum atomic E-state index is 5.92. The Morgan fingerprint density at radius 1 is 0.867 bits per heavy atom. The minimum Gasteiger partial charge on any atom is -0.454 e. The molecule has 1 aromatic heterocycles. The van der Waals surface area contributed by atoms with Crippen LogP contribution >= 0.6 is 0 Å². The smallest absolute Gasteiger partial charge is 0.160 e. The summed E-state index contributed by atoms with van der Waals surface area (Å²) in [4.78, 5) is 0. The molecule has 3 aromatic rings. The molecular weight excluding hydrogens is 188 g/mol. The van der Waals surface area contributed by atoms with Crippen molar-refractivity contribution in [3.8, 4) is 0 Å². The van der Waals surface area contributed by atoms with Gasteiger partial charge >= 0.3 is 0 Å². The summed E-state index contributed by atoms with van der Waals surface area (Å²) in [5, 5.41) is 1.92. The summed E-state index contributed by atoms with van der Waals surface area (Å²) in [6.07, 6.45) is 0. The minimum absolute atomic E-state index is 0.621. The number of fused-ring (bicyclic) bond motifs is 3. The van der Waals surface area contributed by atoms with Gasteiger partial charge in [0.2, 0.25) is 0 Å². The summed E-state index contributed by atoms with van der Waals surface area (Å²) in [5.41, 5.74) is 14.6. The van der Waals surface area contributed by atoms with Gasteiger partial charge in [0.1, 0.15) is 5.58 Å². The van der Waals surface area contributed by atoms with Crippen LogP contribution in [0.1, 0.15) is 0 Å². The Kier molecular flexibility index (Phi) is 1.45. The number of para-hydroxylation sites is 1. The van der Waals surface area contributed by atoms with Crippen LogP contribution in [0.4, 0.5) is 11.4 Å². The summed E-state index contributed by atoms with van der Waals surface area (Å²) in [5.74, 6) is 0. The van der Waals surface area contributed by atoms with Gasteiger partial charge in [0.05, 0.1) is 11.1 Å². The third-order valence-corrected chi connectivity index (χ3v) is 2.59. The quantitative estimate of drug-likeness (QED) is 0.546. The first-order valence-electron chi connectivity index (χ1n) is 4.72. The number of benzene rings is 2. The molecule has 0 unspecified atom stereocenters. The van der Waals surface area contributed by atoms with Crippen LogP contribution in [0.15, 0.2) is 40.8 Å². The zero-order valence-corrected chi connectivity index (χ0v) is 8.03. The van der Waals surface area contributed by atoms with E-state index in [9.17, 15) is 0 Å². The third kappa shape index (κ3) is 1.00. The average Bonchev–Trinajstić information content (AvgIpc) is 2.64. The van der Waals surface area contributed by atoms with E-state index >= 15 is 0 Å². The van der Waals surface area contributed by atoms with E-state index in [0.717, 1.165) is 16.4 Å². The zero-order valence-electron chi connectivity index (χ0n) is 8.03. The molecule has 2 aromatic carbocycles. The van der Waals surface area contributed by atoms with Crippen LogP contribution < -0.4 is 11.5 Å². The fourth-order valence-electron chi connectivity index (χ4n) is 1.87. The first-order valence-corrected chi connectivity index (χ1v) is 4.72. The molecule has 0 fully saturated rings. The molecule has 1 heterocycles. The van der Waals surface area contributed by atoms with Gasteiger partial charge in [-0.15, -0.1) is 0 Å². The van der Waals surface area contributed by atoms with Crippen molar-refractivity contribution in [3.05, 3.63) is 36.4 Å². The Balaban J connectivity index is 2.66. The molecule has 3 heteroatoms. The van der Waals surface area contributed by atoms with Crippen molar-refractivity contribution < 1.29 is 4.42 Å². The average molecular weight is 198 g/mol. The van der Waals surface area contributed by atoms with E-state index in [0.29, 0.717) is 17.0 Å². The van der Waals surface area contributed by atoms with E-state index in [1.165, 1.54) is 0 Å². The van der Waals surface area contributed by atoms with Crippen molar-refractivity contribution >= 4 is 33.3 Å². The van der Waals surface area contributed by atoms with E-state index in [2.05, 4.69) is 0 Å². The minimum atomic E-state index is 0.621. The van der Waals surface area contributed by atoms with E-state index in [4.69, 9.17) is 15.9 Å². The number of anilines is 2. The van der Waals surface area contributed by atoms with Crippen LogP contribution in [0.2, 0.25) is 0 Å². The maximum Gasteiger partial charge on any atom is 0.160 e. The number of furan rings is 1. The Hall–Kier alpha value is -2.16. The van der Waals surface area contributed by atoms with Crippen LogP contribution in [0.5, 0.6) is 0 Å². The number of nitrogens with two attached hydrogens (primary N) is 2. The van der Waals surface area contributed by atoms with Gasteiger partial charge in [0, 0.05) is 11.1 Å². The molecule has 0 saturated carbocycles. The molecule has 0 spiro atoms. The lowest BCUT2D eigenvalue weighted by molar-refractivity contribution is 0.670. The van der Waals surface area contributed by atoms with Gasteiger partial charge in [0.25, 0.3) is 0 Å². The maximum absolute atomic E-state index is 5.92. The SMILES string of the molecule is Nc1ccc(N)c2c1oc1ccccc12. The van der Waals surface area contributed by atoms with Crippen molar-refractivity contribution in [2.75, 3.05) is 11.5 Å². The van der Waals surface area contributed by atoms with Crippen LogP contribution in [-0.2, 0) is 0 Å². The molecular formula is C12H10N2O. The molecule has 0 aliphatic rings. The molecule has 0 aliphatic heterocycles. The number of hydrogen-bond donors (Lipinski definition) is 2. The van der Waals surface area contributed by atoms with Gasteiger partial charge in [0.15, 0.2) is 5.58 Å². The molecule has 74 valence electrons. The molecule has 4 N–H and O–H groups in total. The van der Waals surface area contributed by atoms with Gasteiger partial charge in [-0.1, -0.05) is 18.2 Å². The van der Waals surface area contributed by atoms with Crippen LogP contribution in [-0.4, -0.2) is 0 Å². The lowest BCUT2D eigenvalue weighted by Crippen LogP contribution is -1.89. The van der Waals surface area contributed by atoms with Crippen molar-refractivity contribution in [3.63, 3.8) is 0 Å². The van der Waals surface area contributed by atoms with Crippen molar-refractivity contribution in [2.45, 2.75) is 0 Å². The first-order chi connectivity index (χ1) is 7.27. The first kappa shape index (κ1) is 8.17. The van der Waals surface area contributed by atoms with Gasteiger partial charge in [-0.2, -0.15) is 0 Å². The van der Waals surface area contributed by atoms with Gasteiger partial charge in [-0.25, -0.2) is 0 Å². The molecule has 3 nitrogen and oxygen atoms in total. The molecule has 0 amide bonds. The molecule has 0 bridgehead atoms. The van der Waals surface area contributed by atoms with Gasteiger partial charge in [-0.3, -0.25) is 0 Å². The fourth-order valence-corrected chi connectivity index (χ4v) is 1.87. The molecule has 0 aliphatic carbocycles. The Morgan fingerprint density at radius 3 is 2.47 bits per heavy atom. The zero-order chi connectivity index (χ0) is 10.4. The second-order valence-electron chi connectivity index (χ2n) is 3.55. The van der Waals surface area contributed by atoms with E-state index in [1.54, 1.807) is 12.1 Å². The summed E-state index contributed by atoms with van der Waals surface area (Å²) < 4.78 is 5.66. The van der Waals surface area contributed by atoms with Gasteiger partial charge < -0.3 is 15.9 Å². The molecule has 0 radical (unpaired) electrons. The fraction of sp³-hybridized carbons (Fsp3) is 0.